The van der Waals surface area contributed by atoms with Crippen molar-refractivity contribution in [3.05, 3.63) is 58.1 Å². The van der Waals surface area contributed by atoms with E-state index in [9.17, 15) is 9.59 Å². The summed E-state index contributed by atoms with van der Waals surface area (Å²) in [6.45, 7) is 12.0. The van der Waals surface area contributed by atoms with Crippen molar-refractivity contribution >= 4 is 33.4 Å². The van der Waals surface area contributed by atoms with Crippen molar-refractivity contribution in [2.75, 3.05) is 11.9 Å². The van der Waals surface area contributed by atoms with Crippen LogP contribution >= 0.6 is 15.9 Å². The second kappa shape index (κ2) is 8.99. The predicted octanol–water partition coefficient (Wildman–Crippen LogP) is 5.29. The zero-order valence-electron chi connectivity index (χ0n) is 17.9. The Hall–Kier alpha value is -2.34. The number of ether oxygens (including phenoxy) is 1. The van der Waals surface area contributed by atoms with Gasteiger partial charge in [0.1, 0.15) is 5.75 Å². The Morgan fingerprint density at radius 2 is 1.66 bits per heavy atom. The normalized spacial score (nSPS) is 11.7. The third kappa shape index (κ3) is 6.89. The first-order valence-corrected chi connectivity index (χ1v) is 10.3. The van der Waals surface area contributed by atoms with Crippen molar-refractivity contribution in [1.82, 2.24) is 5.32 Å². The van der Waals surface area contributed by atoms with Gasteiger partial charge in [-0.15, -0.1) is 0 Å². The lowest BCUT2D eigenvalue weighted by atomic mass is 9.87. The Bertz CT molecular complexity index is 896. The van der Waals surface area contributed by atoms with Crippen LogP contribution in [0.5, 0.6) is 5.75 Å². The van der Waals surface area contributed by atoms with Crippen LogP contribution in [-0.2, 0) is 10.2 Å². The zero-order valence-corrected chi connectivity index (χ0v) is 19.4. The summed E-state index contributed by atoms with van der Waals surface area (Å²) in [7, 11) is 0. The molecule has 2 aromatic rings. The van der Waals surface area contributed by atoms with E-state index in [2.05, 4.69) is 47.3 Å². The van der Waals surface area contributed by atoms with Crippen molar-refractivity contribution in [3.63, 3.8) is 0 Å². The van der Waals surface area contributed by atoms with E-state index in [1.165, 1.54) is 5.56 Å². The van der Waals surface area contributed by atoms with E-state index in [1.54, 1.807) is 24.3 Å². The van der Waals surface area contributed by atoms with E-state index in [0.29, 0.717) is 17.0 Å². The summed E-state index contributed by atoms with van der Waals surface area (Å²) in [5, 5.41) is 5.67. The first-order valence-electron chi connectivity index (χ1n) is 9.51. The summed E-state index contributed by atoms with van der Waals surface area (Å²) in [6.07, 6.45) is 0. The first kappa shape index (κ1) is 22.9. The fourth-order valence-electron chi connectivity index (χ4n) is 2.61. The topological polar surface area (TPSA) is 67.4 Å². The lowest BCUT2D eigenvalue weighted by molar-refractivity contribution is -0.118. The number of carbonyl (C=O) groups is 2. The number of anilines is 1. The fraction of sp³-hybridized carbons (Fsp3) is 0.391. The molecule has 29 heavy (non-hydrogen) atoms. The first-order chi connectivity index (χ1) is 13.4. The second-order valence-electron chi connectivity index (χ2n) is 8.98. The summed E-state index contributed by atoms with van der Waals surface area (Å²) in [5.41, 5.74) is 1.68. The average Bonchev–Trinajstić information content (AvgIpc) is 2.58. The summed E-state index contributed by atoms with van der Waals surface area (Å²) in [5.74, 6) is 0.00884. The third-order valence-electron chi connectivity index (χ3n) is 4.09. The SMILES string of the molecule is CC(C)(C)NC(=O)c1ccccc1NC(=O)COc1ccc(C(C)(C)C)cc1Br. The maximum absolute atomic E-state index is 12.5. The molecule has 0 aliphatic carbocycles. The fourth-order valence-corrected chi connectivity index (χ4v) is 3.11. The third-order valence-corrected chi connectivity index (χ3v) is 4.71. The van der Waals surface area contributed by atoms with E-state index >= 15 is 0 Å². The largest absolute Gasteiger partial charge is 0.483 e. The van der Waals surface area contributed by atoms with Crippen molar-refractivity contribution in [2.45, 2.75) is 52.5 Å². The van der Waals surface area contributed by atoms with E-state index in [-0.39, 0.29) is 29.4 Å². The molecule has 0 unspecified atom stereocenters. The maximum atomic E-state index is 12.5. The number of hydrogen-bond donors (Lipinski definition) is 2. The molecule has 0 radical (unpaired) electrons. The van der Waals surface area contributed by atoms with Crippen molar-refractivity contribution < 1.29 is 14.3 Å². The van der Waals surface area contributed by atoms with Gasteiger partial charge >= 0.3 is 0 Å². The molecule has 156 valence electrons. The van der Waals surface area contributed by atoms with Crippen LogP contribution in [0.4, 0.5) is 5.69 Å². The predicted molar refractivity (Wildman–Crippen MR) is 121 cm³/mol. The molecule has 0 heterocycles. The highest BCUT2D eigenvalue weighted by molar-refractivity contribution is 9.10. The summed E-state index contributed by atoms with van der Waals surface area (Å²) in [6, 6.07) is 12.7. The molecule has 2 rings (SSSR count). The molecule has 0 saturated heterocycles. The molecule has 5 nitrogen and oxygen atoms in total. The van der Waals surface area contributed by atoms with Crippen molar-refractivity contribution in [3.8, 4) is 5.75 Å². The Morgan fingerprint density at radius 1 is 1.00 bits per heavy atom. The van der Waals surface area contributed by atoms with E-state index < -0.39 is 0 Å². The number of rotatable bonds is 5. The van der Waals surface area contributed by atoms with Crippen LogP contribution in [0.3, 0.4) is 0 Å². The minimum atomic E-state index is -0.372. The lowest BCUT2D eigenvalue weighted by Crippen LogP contribution is -2.41. The molecule has 0 atom stereocenters. The molecular weight excluding hydrogens is 432 g/mol. The Balaban J connectivity index is 2.05. The molecule has 2 aromatic carbocycles. The summed E-state index contributed by atoms with van der Waals surface area (Å²) < 4.78 is 6.45. The average molecular weight is 461 g/mol. The molecule has 0 aromatic heterocycles. The van der Waals surface area contributed by atoms with Crippen LogP contribution in [-0.4, -0.2) is 24.0 Å². The molecule has 2 N–H and O–H groups in total. The maximum Gasteiger partial charge on any atom is 0.262 e. The molecule has 0 aliphatic heterocycles. The number of halogens is 1. The Kier molecular flexibility index (Phi) is 7.11. The van der Waals surface area contributed by atoms with Gasteiger partial charge in [-0.1, -0.05) is 39.0 Å². The molecular formula is C23H29BrN2O3. The monoisotopic (exact) mass is 460 g/mol. The standard InChI is InChI=1S/C23H29BrN2O3/c1-22(2,3)15-11-12-19(17(24)13-15)29-14-20(27)25-18-10-8-7-9-16(18)21(28)26-23(4,5)6/h7-13H,14H2,1-6H3,(H,25,27)(H,26,28). The molecule has 0 aliphatic rings. The van der Waals surface area contributed by atoms with E-state index in [0.717, 1.165) is 4.47 Å². The van der Waals surface area contributed by atoms with Crippen LogP contribution in [0, 0.1) is 0 Å². The zero-order chi connectivity index (χ0) is 21.8. The van der Waals surface area contributed by atoms with Gasteiger partial charge in [0.25, 0.3) is 11.8 Å². The minimum Gasteiger partial charge on any atom is -0.483 e. The van der Waals surface area contributed by atoms with Crippen molar-refractivity contribution in [2.24, 2.45) is 0 Å². The minimum absolute atomic E-state index is 0.0236. The summed E-state index contributed by atoms with van der Waals surface area (Å²) in [4.78, 5) is 24.9. The number of para-hydroxylation sites is 1. The Morgan fingerprint density at radius 3 is 2.24 bits per heavy atom. The quantitative estimate of drug-likeness (QED) is 0.636. The molecule has 0 fully saturated rings. The molecule has 0 saturated carbocycles. The van der Waals surface area contributed by atoms with Crippen molar-refractivity contribution in [1.29, 1.82) is 0 Å². The van der Waals surface area contributed by atoms with Crippen LogP contribution < -0.4 is 15.4 Å². The van der Waals surface area contributed by atoms with E-state index in [4.69, 9.17) is 4.74 Å². The van der Waals surface area contributed by atoms with E-state index in [1.807, 2.05) is 39.0 Å². The summed E-state index contributed by atoms with van der Waals surface area (Å²) >= 11 is 3.51. The number of benzene rings is 2. The Labute approximate surface area is 181 Å². The van der Waals surface area contributed by atoms with Gasteiger partial charge in [-0.2, -0.15) is 0 Å². The number of nitrogens with one attached hydrogen (secondary N) is 2. The highest BCUT2D eigenvalue weighted by Gasteiger charge is 2.19. The molecule has 0 bridgehead atoms. The number of hydrogen-bond acceptors (Lipinski definition) is 3. The second-order valence-corrected chi connectivity index (χ2v) is 9.84. The van der Waals surface area contributed by atoms with Gasteiger partial charge in [-0.25, -0.2) is 0 Å². The molecule has 6 heteroatoms. The van der Waals surface area contributed by atoms with Gasteiger partial charge in [0.05, 0.1) is 15.7 Å². The highest BCUT2D eigenvalue weighted by atomic mass is 79.9. The molecule has 2 amide bonds. The number of amides is 2. The van der Waals surface area contributed by atoms with Crippen LogP contribution in [0.25, 0.3) is 0 Å². The smallest absolute Gasteiger partial charge is 0.262 e. The van der Waals surface area contributed by atoms with Gasteiger partial charge in [0.15, 0.2) is 6.61 Å². The van der Waals surface area contributed by atoms with Gasteiger partial charge in [-0.3, -0.25) is 9.59 Å². The van der Waals surface area contributed by atoms with Gasteiger partial charge in [0.2, 0.25) is 0 Å². The van der Waals surface area contributed by atoms with Crippen LogP contribution in [0.15, 0.2) is 46.9 Å². The lowest BCUT2D eigenvalue weighted by Gasteiger charge is -2.21. The van der Waals surface area contributed by atoms with Gasteiger partial charge in [0, 0.05) is 5.54 Å². The van der Waals surface area contributed by atoms with Gasteiger partial charge < -0.3 is 15.4 Å². The number of carbonyl (C=O) groups excluding carboxylic acids is 2. The highest BCUT2D eigenvalue weighted by Crippen LogP contribution is 2.31. The molecule has 0 spiro atoms. The van der Waals surface area contributed by atoms with Gasteiger partial charge in [-0.05, 0) is 71.9 Å². The van der Waals surface area contributed by atoms with Crippen LogP contribution in [0.2, 0.25) is 0 Å². The van der Waals surface area contributed by atoms with Crippen LogP contribution in [0.1, 0.15) is 57.5 Å².